The normalized spacial score (nSPS) is 30.7. The summed E-state index contributed by atoms with van der Waals surface area (Å²) in [6.45, 7) is 4.99. The summed E-state index contributed by atoms with van der Waals surface area (Å²) in [6, 6.07) is 1.08. The molecule has 8 heteroatoms. The Kier molecular flexibility index (Phi) is 6.76. The van der Waals surface area contributed by atoms with E-state index >= 15 is 0 Å². The van der Waals surface area contributed by atoms with Gasteiger partial charge in [0.25, 0.3) is 0 Å². The smallest absolute Gasteiger partial charge is 0.238 e. The number of hydrogen-bond donors (Lipinski definition) is 1. The first-order valence-electron chi connectivity index (χ1n) is 6.53. The van der Waals surface area contributed by atoms with Gasteiger partial charge in [-0.2, -0.15) is 0 Å². The van der Waals surface area contributed by atoms with Crippen LogP contribution >= 0.6 is 29.8 Å². The summed E-state index contributed by atoms with van der Waals surface area (Å²) in [4.78, 5) is 13.3. The summed E-state index contributed by atoms with van der Waals surface area (Å²) in [5.74, 6) is 0.966. The van der Waals surface area contributed by atoms with Gasteiger partial charge in [-0.25, -0.2) is 0 Å². The number of rotatable bonds is 7. The lowest BCUT2D eigenvalue weighted by atomic mass is 10.3. The number of amides is 1. The summed E-state index contributed by atoms with van der Waals surface area (Å²) in [6.07, 6.45) is 1.54. The molecule has 19 heavy (non-hydrogen) atoms. The molecule has 4 nitrogen and oxygen atoms in total. The van der Waals surface area contributed by atoms with Crippen LogP contribution in [0.15, 0.2) is 0 Å². The summed E-state index contributed by atoms with van der Waals surface area (Å²) in [5.41, 5.74) is -1.07. The van der Waals surface area contributed by atoms with Crippen LogP contribution in [0.1, 0.15) is 19.8 Å². The van der Waals surface area contributed by atoms with Crippen molar-refractivity contribution >= 4 is 43.7 Å². The first kappa shape index (κ1) is 17.9. The van der Waals surface area contributed by atoms with Crippen molar-refractivity contribution in [2.75, 3.05) is 19.4 Å². The molecule has 1 N–H and O–H groups in total. The standard InChI is InChI=1S/C11H25NO3P2SSi/c1-4-15-19(3,17)7-5-6-18-9-8-11(14,16)12(2)10(9)13/h9,14H,4-8,16-17H2,1-3H3. The molecular formula is C11H25NO3P2SSi. The molecule has 1 amide bonds. The highest BCUT2D eigenvalue weighted by Gasteiger charge is 2.44. The molecular weight excluding hydrogens is 316 g/mol. The Morgan fingerprint density at radius 2 is 2.32 bits per heavy atom. The average Bonchev–Trinajstić information content (AvgIpc) is 2.48. The number of nitrogens with zero attached hydrogens (tertiary/aromatic N) is 1. The van der Waals surface area contributed by atoms with Crippen molar-refractivity contribution in [2.45, 2.75) is 43.1 Å². The van der Waals surface area contributed by atoms with E-state index in [-0.39, 0.29) is 11.2 Å². The van der Waals surface area contributed by atoms with Gasteiger partial charge < -0.3 is 14.4 Å². The predicted octanol–water partition coefficient (Wildman–Crippen LogP) is 1.85. The Balaban J connectivity index is 2.30. The molecule has 1 heterocycles. The maximum absolute atomic E-state index is 11.9. The van der Waals surface area contributed by atoms with Crippen LogP contribution in [0, 0.1) is 0 Å². The van der Waals surface area contributed by atoms with Crippen LogP contribution in [0.25, 0.3) is 0 Å². The van der Waals surface area contributed by atoms with Crippen LogP contribution in [0.2, 0.25) is 12.6 Å². The number of thioether (sulfide) groups is 1. The molecule has 0 aromatic rings. The Morgan fingerprint density at radius 3 is 2.79 bits per heavy atom. The fourth-order valence-electron chi connectivity index (χ4n) is 2.08. The van der Waals surface area contributed by atoms with Crippen molar-refractivity contribution in [2.24, 2.45) is 0 Å². The van der Waals surface area contributed by atoms with Crippen LogP contribution in [0.5, 0.6) is 0 Å². The molecule has 1 aliphatic rings. The third-order valence-corrected chi connectivity index (χ3v) is 8.86. The molecule has 1 aliphatic heterocycles. The first-order chi connectivity index (χ1) is 8.69. The van der Waals surface area contributed by atoms with Crippen molar-refractivity contribution in [3.63, 3.8) is 0 Å². The lowest BCUT2D eigenvalue weighted by Crippen LogP contribution is -2.37. The van der Waals surface area contributed by atoms with Gasteiger partial charge in [0.2, 0.25) is 13.9 Å². The Labute approximate surface area is 125 Å². The van der Waals surface area contributed by atoms with Gasteiger partial charge in [0, 0.05) is 20.1 Å². The topological polar surface area (TPSA) is 49.8 Å². The van der Waals surface area contributed by atoms with Gasteiger partial charge in [-0.15, -0.1) is 20.5 Å². The molecule has 1 rings (SSSR count). The summed E-state index contributed by atoms with van der Waals surface area (Å²) in [7, 11) is 5.30. The second kappa shape index (κ2) is 7.19. The minimum absolute atomic E-state index is 0.0261. The van der Waals surface area contributed by atoms with Crippen LogP contribution in [-0.2, 0) is 9.22 Å². The molecule has 5 unspecified atom stereocenters. The highest BCUT2D eigenvalue weighted by Crippen LogP contribution is 2.38. The number of likely N-dealkylation sites (tertiary alicyclic amines) is 1. The van der Waals surface area contributed by atoms with Gasteiger partial charge in [-0.1, -0.05) is 9.24 Å². The van der Waals surface area contributed by atoms with E-state index in [4.69, 9.17) is 4.43 Å². The van der Waals surface area contributed by atoms with Crippen molar-refractivity contribution in [3.05, 3.63) is 0 Å². The van der Waals surface area contributed by atoms with Crippen LogP contribution in [-0.4, -0.2) is 54.0 Å². The molecule has 0 spiro atoms. The molecule has 0 radical (unpaired) electrons. The Morgan fingerprint density at radius 1 is 1.68 bits per heavy atom. The average molecular weight is 341 g/mol. The Bertz CT molecular complexity index is 331. The summed E-state index contributed by atoms with van der Waals surface area (Å²) in [5, 5.41) is 9.88. The highest BCUT2D eigenvalue weighted by molar-refractivity contribution is 8.00. The predicted molar refractivity (Wildman–Crippen MR) is 90.7 cm³/mol. The van der Waals surface area contributed by atoms with E-state index in [9.17, 15) is 9.90 Å². The van der Waals surface area contributed by atoms with Crippen molar-refractivity contribution in [1.29, 1.82) is 0 Å². The number of aliphatic hydroxyl groups is 1. The zero-order valence-electron chi connectivity index (χ0n) is 11.9. The number of carbonyl (C=O) groups excluding carboxylic acids is 1. The zero-order chi connectivity index (χ0) is 14.7. The summed E-state index contributed by atoms with van der Waals surface area (Å²) < 4.78 is 5.75. The maximum Gasteiger partial charge on any atom is 0.238 e. The SMILES string of the molecule is CCO[Si](C)(P)CCCSC1CC(O)(P)N(C)C1=O. The van der Waals surface area contributed by atoms with Gasteiger partial charge in [0.15, 0.2) is 5.47 Å². The summed E-state index contributed by atoms with van der Waals surface area (Å²) >= 11 is 1.65. The maximum atomic E-state index is 11.9. The zero-order valence-corrected chi connectivity index (χ0v) is 16.0. The Hall–Kier alpha value is 0.817. The first-order valence-corrected chi connectivity index (χ1v) is 12.6. The number of hydrogen-bond acceptors (Lipinski definition) is 4. The van der Waals surface area contributed by atoms with Gasteiger partial charge >= 0.3 is 0 Å². The largest absolute Gasteiger partial charge is 0.414 e. The molecule has 0 aliphatic carbocycles. The fraction of sp³-hybridized carbons (Fsp3) is 0.909. The fourth-order valence-corrected chi connectivity index (χ4v) is 6.93. The van der Waals surface area contributed by atoms with Gasteiger partial charge in [-0.05, 0) is 31.7 Å². The minimum atomic E-state index is -1.58. The van der Waals surface area contributed by atoms with E-state index in [1.165, 1.54) is 4.90 Å². The van der Waals surface area contributed by atoms with E-state index in [0.717, 1.165) is 24.8 Å². The second-order valence-electron chi connectivity index (χ2n) is 5.19. The van der Waals surface area contributed by atoms with Crippen LogP contribution < -0.4 is 0 Å². The lowest BCUT2D eigenvalue weighted by molar-refractivity contribution is -0.132. The van der Waals surface area contributed by atoms with Gasteiger partial charge in [0.05, 0.1) is 5.25 Å². The third-order valence-electron chi connectivity index (χ3n) is 3.28. The van der Waals surface area contributed by atoms with E-state index in [1.54, 1.807) is 18.8 Å². The molecule has 0 aromatic heterocycles. The van der Waals surface area contributed by atoms with Crippen molar-refractivity contribution in [1.82, 2.24) is 4.90 Å². The van der Waals surface area contributed by atoms with E-state index in [1.807, 2.05) is 6.92 Å². The van der Waals surface area contributed by atoms with Gasteiger partial charge in [0.1, 0.15) is 0 Å². The van der Waals surface area contributed by atoms with Crippen LogP contribution in [0.4, 0.5) is 0 Å². The minimum Gasteiger partial charge on any atom is -0.414 e. The highest BCUT2D eigenvalue weighted by atomic mass is 32.2. The molecule has 1 fully saturated rings. The number of carbonyl (C=O) groups is 1. The third kappa shape index (κ3) is 5.26. The molecule has 5 atom stereocenters. The van der Waals surface area contributed by atoms with E-state index in [0.29, 0.717) is 6.42 Å². The van der Waals surface area contributed by atoms with Crippen molar-refractivity contribution in [3.8, 4) is 0 Å². The van der Waals surface area contributed by atoms with E-state index in [2.05, 4.69) is 24.6 Å². The molecule has 1 saturated heterocycles. The van der Waals surface area contributed by atoms with E-state index < -0.39 is 13.5 Å². The molecule has 0 bridgehead atoms. The monoisotopic (exact) mass is 341 g/mol. The second-order valence-corrected chi connectivity index (χ2v) is 14.5. The van der Waals surface area contributed by atoms with Crippen LogP contribution in [0.3, 0.4) is 0 Å². The molecule has 0 saturated carbocycles. The quantitative estimate of drug-likeness (QED) is 0.436. The van der Waals surface area contributed by atoms with Gasteiger partial charge in [-0.3, -0.25) is 4.79 Å². The molecule has 112 valence electrons. The lowest BCUT2D eigenvalue weighted by Gasteiger charge is -2.24. The molecule has 0 aromatic carbocycles. The van der Waals surface area contributed by atoms with Crippen molar-refractivity contribution < 1.29 is 14.3 Å².